The van der Waals surface area contributed by atoms with Gasteiger partial charge in [0.25, 0.3) is 0 Å². The number of hydrogen-bond acceptors (Lipinski definition) is 4. The third kappa shape index (κ3) is 1.61. The van der Waals surface area contributed by atoms with Gasteiger partial charge in [-0.3, -0.25) is 4.68 Å². The Labute approximate surface area is 82.8 Å². The third-order valence-corrected chi connectivity index (χ3v) is 4.25. The molecule has 0 saturated carbocycles. The first-order valence-electron chi connectivity index (χ1n) is 4.50. The number of nitrogens with two attached hydrogens (primary N) is 1. The molecule has 0 aliphatic carbocycles. The summed E-state index contributed by atoms with van der Waals surface area (Å²) in [6.45, 7) is 1.88. The highest BCUT2D eigenvalue weighted by Crippen LogP contribution is 2.24. The Hall–Kier alpha value is -1.04. The first-order chi connectivity index (χ1) is 6.48. The van der Waals surface area contributed by atoms with Gasteiger partial charge in [-0.1, -0.05) is 0 Å². The van der Waals surface area contributed by atoms with E-state index in [9.17, 15) is 8.42 Å². The fraction of sp³-hybridized carbons (Fsp3) is 0.625. The van der Waals surface area contributed by atoms with Gasteiger partial charge in [0.2, 0.25) is 0 Å². The summed E-state index contributed by atoms with van der Waals surface area (Å²) in [5.74, 6) is 0.901. The van der Waals surface area contributed by atoms with Crippen molar-refractivity contribution in [2.75, 3.05) is 17.2 Å². The molecule has 78 valence electrons. The Balaban J connectivity index is 2.30. The van der Waals surface area contributed by atoms with Gasteiger partial charge >= 0.3 is 0 Å². The zero-order chi connectivity index (χ0) is 10.3. The van der Waals surface area contributed by atoms with Gasteiger partial charge in [0.15, 0.2) is 9.84 Å². The molecule has 5 nitrogen and oxygen atoms in total. The Morgan fingerprint density at radius 3 is 2.79 bits per heavy atom. The van der Waals surface area contributed by atoms with Gasteiger partial charge in [-0.25, -0.2) is 8.42 Å². The summed E-state index contributed by atoms with van der Waals surface area (Å²) in [6, 6.07) is 1.72. The fourth-order valence-corrected chi connectivity index (χ4v) is 3.54. The predicted octanol–water partition coefficient (Wildman–Crippen LogP) is 0.133. The van der Waals surface area contributed by atoms with Crippen LogP contribution in [0.1, 0.15) is 18.2 Å². The minimum absolute atomic E-state index is 0.0303. The molecular formula is C8H13N3O2S. The molecule has 0 amide bonds. The molecule has 0 spiro atoms. The van der Waals surface area contributed by atoms with Crippen molar-refractivity contribution in [3.8, 4) is 0 Å². The molecule has 1 aliphatic rings. The quantitative estimate of drug-likeness (QED) is 0.722. The fourth-order valence-electron chi connectivity index (χ4n) is 1.85. The second-order valence-corrected chi connectivity index (χ2v) is 5.94. The van der Waals surface area contributed by atoms with Crippen molar-refractivity contribution >= 4 is 15.7 Å². The van der Waals surface area contributed by atoms with Crippen LogP contribution in [0.4, 0.5) is 5.82 Å². The number of sulfone groups is 1. The van der Waals surface area contributed by atoms with Gasteiger partial charge in [0.05, 0.1) is 17.5 Å². The summed E-state index contributed by atoms with van der Waals surface area (Å²) < 4.78 is 24.2. The zero-order valence-electron chi connectivity index (χ0n) is 7.97. The van der Waals surface area contributed by atoms with E-state index in [0.29, 0.717) is 12.2 Å². The first kappa shape index (κ1) is 9.51. The van der Waals surface area contributed by atoms with E-state index in [1.165, 1.54) is 0 Å². The summed E-state index contributed by atoms with van der Waals surface area (Å²) in [5, 5.41) is 4.09. The number of aryl methyl sites for hydroxylation is 1. The van der Waals surface area contributed by atoms with Crippen molar-refractivity contribution < 1.29 is 8.42 Å². The minimum Gasteiger partial charge on any atom is -0.382 e. The van der Waals surface area contributed by atoms with Crippen LogP contribution in [0.25, 0.3) is 0 Å². The smallest absolute Gasteiger partial charge is 0.152 e. The average Bonchev–Trinajstić information content (AvgIpc) is 2.55. The van der Waals surface area contributed by atoms with E-state index in [-0.39, 0.29) is 17.5 Å². The van der Waals surface area contributed by atoms with E-state index in [1.54, 1.807) is 10.7 Å². The first-order valence-corrected chi connectivity index (χ1v) is 6.32. The highest BCUT2D eigenvalue weighted by molar-refractivity contribution is 7.91. The molecule has 1 aromatic heterocycles. The maximum Gasteiger partial charge on any atom is 0.152 e. The van der Waals surface area contributed by atoms with Crippen LogP contribution in [-0.2, 0) is 9.84 Å². The molecule has 1 saturated heterocycles. The number of rotatable bonds is 1. The summed E-state index contributed by atoms with van der Waals surface area (Å²) >= 11 is 0. The molecule has 1 aromatic rings. The molecule has 0 unspecified atom stereocenters. The van der Waals surface area contributed by atoms with Gasteiger partial charge in [-0.05, 0) is 13.3 Å². The largest absolute Gasteiger partial charge is 0.382 e. The van der Waals surface area contributed by atoms with Gasteiger partial charge in [-0.2, -0.15) is 5.10 Å². The summed E-state index contributed by atoms with van der Waals surface area (Å²) in [7, 11) is -2.85. The Kier molecular flexibility index (Phi) is 2.02. The Morgan fingerprint density at radius 1 is 1.64 bits per heavy atom. The second-order valence-electron chi connectivity index (χ2n) is 3.71. The topological polar surface area (TPSA) is 78.0 Å². The van der Waals surface area contributed by atoms with Crippen LogP contribution in [0.5, 0.6) is 0 Å². The maximum absolute atomic E-state index is 11.3. The number of anilines is 1. The lowest BCUT2D eigenvalue weighted by Crippen LogP contribution is -2.13. The lowest BCUT2D eigenvalue weighted by atomic mass is 10.2. The molecule has 1 fully saturated rings. The number of nitrogens with zero attached hydrogens (tertiary/aromatic N) is 2. The van der Waals surface area contributed by atoms with Crippen molar-refractivity contribution in [2.24, 2.45) is 0 Å². The molecule has 0 bridgehead atoms. The van der Waals surface area contributed by atoms with Crippen molar-refractivity contribution in [1.29, 1.82) is 0 Å². The molecule has 0 radical (unpaired) electrons. The molecular weight excluding hydrogens is 202 g/mol. The number of hydrogen-bond donors (Lipinski definition) is 1. The van der Waals surface area contributed by atoms with E-state index in [2.05, 4.69) is 5.10 Å². The van der Waals surface area contributed by atoms with E-state index in [0.717, 1.165) is 5.69 Å². The van der Waals surface area contributed by atoms with Crippen molar-refractivity contribution in [2.45, 2.75) is 19.4 Å². The monoisotopic (exact) mass is 215 g/mol. The highest BCUT2D eigenvalue weighted by atomic mass is 32.2. The van der Waals surface area contributed by atoms with Crippen LogP contribution in [0.2, 0.25) is 0 Å². The SMILES string of the molecule is Cc1cc(N)nn1[C@@H]1CCS(=O)(=O)C1. The molecule has 6 heteroatoms. The lowest BCUT2D eigenvalue weighted by molar-refractivity contribution is 0.490. The van der Waals surface area contributed by atoms with Crippen LogP contribution in [-0.4, -0.2) is 29.7 Å². The van der Waals surface area contributed by atoms with Crippen LogP contribution in [0.3, 0.4) is 0 Å². The van der Waals surface area contributed by atoms with E-state index in [4.69, 9.17) is 5.73 Å². The minimum atomic E-state index is -2.85. The molecule has 1 atom stereocenters. The summed E-state index contributed by atoms with van der Waals surface area (Å²) in [6.07, 6.45) is 0.643. The maximum atomic E-state index is 11.3. The third-order valence-electron chi connectivity index (χ3n) is 2.50. The molecule has 2 N–H and O–H groups in total. The van der Waals surface area contributed by atoms with E-state index in [1.807, 2.05) is 6.92 Å². The molecule has 1 aliphatic heterocycles. The van der Waals surface area contributed by atoms with Crippen molar-refractivity contribution in [3.05, 3.63) is 11.8 Å². The highest BCUT2D eigenvalue weighted by Gasteiger charge is 2.30. The number of nitrogen functional groups attached to an aromatic ring is 1. The van der Waals surface area contributed by atoms with Gasteiger partial charge in [0, 0.05) is 11.8 Å². The zero-order valence-corrected chi connectivity index (χ0v) is 8.79. The summed E-state index contributed by atoms with van der Waals surface area (Å²) in [5.41, 5.74) is 6.45. The average molecular weight is 215 g/mol. The van der Waals surface area contributed by atoms with Crippen LogP contribution >= 0.6 is 0 Å². The van der Waals surface area contributed by atoms with Crippen molar-refractivity contribution in [3.63, 3.8) is 0 Å². The second kappa shape index (κ2) is 2.98. The molecule has 14 heavy (non-hydrogen) atoms. The molecule has 2 rings (SSSR count). The van der Waals surface area contributed by atoms with E-state index < -0.39 is 9.84 Å². The molecule has 0 aromatic carbocycles. The number of aromatic nitrogens is 2. The van der Waals surface area contributed by atoms with Gasteiger partial charge in [0.1, 0.15) is 5.82 Å². The van der Waals surface area contributed by atoms with Crippen molar-refractivity contribution in [1.82, 2.24) is 9.78 Å². The summed E-state index contributed by atoms with van der Waals surface area (Å²) in [4.78, 5) is 0. The Bertz CT molecular complexity index is 449. The lowest BCUT2D eigenvalue weighted by Gasteiger charge is -2.09. The molecule has 2 heterocycles. The van der Waals surface area contributed by atoms with Crippen LogP contribution in [0.15, 0.2) is 6.07 Å². The van der Waals surface area contributed by atoms with Gasteiger partial charge < -0.3 is 5.73 Å². The van der Waals surface area contributed by atoms with Gasteiger partial charge in [-0.15, -0.1) is 0 Å². The van der Waals surface area contributed by atoms with Crippen LogP contribution in [0, 0.1) is 6.92 Å². The normalized spacial score (nSPS) is 25.4. The predicted molar refractivity (Wildman–Crippen MR) is 53.7 cm³/mol. The Morgan fingerprint density at radius 2 is 2.36 bits per heavy atom. The van der Waals surface area contributed by atoms with E-state index >= 15 is 0 Å². The standard InChI is InChI=1S/C8H13N3O2S/c1-6-4-8(9)10-11(6)7-2-3-14(12,13)5-7/h4,7H,2-3,5H2,1H3,(H2,9,10)/t7-/m1/s1. The van der Waals surface area contributed by atoms with Crippen LogP contribution < -0.4 is 5.73 Å².